The van der Waals surface area contributed by atoms with Crippen LogP contribution in [0.2, 0.25) is 0 Å². The standard InChI is InChI=1S/C14H22N2O/c1-11-5-6-14(15-8-11)10-16-7-3-4-13(9-16)12(2)17/h5-6,8,12-13,17H,3-4,7,9-10H2,1-2H3/t12-,13-/m1/s1. The molecule has 17 heavy (non-hydrogen) atoms. The number of pyridine rings is 1. The smallest absolute Gasteiger partial charge is 0.0552 e. The molecule has 94 valence electrons. The molecule has 0 aliphatic carbocycles. The monoisotopic (exact) mass is 234 g/mol. The van der Waals surface area contributed by atoms with Crippen molar-refractivity contribution in [3.63, 3.8) is 0 Å². The summed E-state index contributed by atoms with van der Waals surface area (Å²) in [5, 5.41) is 9.66. The first-order valence-electron chi connectivity index (χ1n) is 6.47. The SMILES string of the molecule is Cc1ccc(CN2CCC[C@@H]([C@@H](C)O)C2)nc1. The van der Waals surface area contributed by atoms with E-state index in [2.05, 4.69) is 28.9 Å². The molecule has 1 aliphatic rings. The van der Waals surface area contributed by atoms with E-state index in [1.54, 1.807) is 0 Å². The van der Waals surface area contributed by atoms with Crippen LogP contribution in [0, 0.1) is 12.8 Å². The predicted molar refractivity (Wildman–Crippen MR) is 68.7 cm³/mol. The highest BCUT2D eigenvalue weighted by molar-refractivity contribution is 5.12. The Balaban J connectivity index is 1.92. The summed E-state index contributed by atoms with van der Waals surface area (Å²) in [6.07, 6.45) is 4.06. The van der Waals surface area contributed by atoms with Crippen molar-refractivity contribution < 1.29 is 5.11 Å². The van der Waals surface area contributed by atoms with Crippen molar-refractivity contribution in [2.24, 2.45) is 5.92 Å². The number of hydrogen-bond donors (Lipinski definition) is 1. The summed E-state index contributed by atoms with van der Waals surface area (Å²) in [5.41, 5.74) is 2.33. The maximum absolute atomic E-state index is 9.66. The normalized spacial score (nSPS) is 23.6. The Morgan fingerprint density at radius 3 is 3.00 bits per heavy atom. The van der Waals surface area contributed by atoms with Gasteiger partial charge in [0.25, 0.3) is 0 Å². The second-order valence-electron chi connectivity index (χ2n) is 5.20. The number of aliphatic hydroxyl groups is 1. The Bertz CT molecular complexity index is 348. The van der Waals surface area contributed by atoms with Crippen molar-refractivity contribution in [1.82, 2.24) is 9.88 Å². The van der Waals surface area contributed by atoms with Crippen LogP contribution >= 0.6 is 0 Å². The van der Waals surface area contributed by atoms with Gasteiger partial charge in [0.2, 0.25) is 0 Å². The lowest BCUT2D eigenvalue weighted by Crippen LogP contribution is -2.39. The third kappa shape index (κ3) is 3.51. The summed E-state index contributed by atoms with van der Waals surface area (Å²) in [6, 6.07) is 4.21. The minimum Gasteiger partial charge on any atom is -0.393 e. The van der Waals surface area contributed by atoms with Gasteiger partial charge in [0.1, 0.15) is 0 Å². The minimum absolute atomic E-state index is 0.191. The molecule has 1 fully saturated rings. The lowest BCUT2D eigenvalue weighted by molar-refractivity contribution is 0.0594. The molecule has 0 spiro atoms. The van der Waals surface area contributed by atoms with E-state index in [0.717, 1.165) is 31.7 Å². The molecule has 0 unspecified atom stereocenters. The molecule has 0 aromatic carbocycles. The molecule has 0 saturated carbocycles. The number of aryl methyl sites for hydroxylation is 1. The fraction of sp³-hybridized carbons (Fsp3) is 0.643. The number of aliphatic hydroxyl groups excluding tert-OH is 1. The highest BCUT2D eigenvalue weighted by atomic mass is 16.3. The molecular weight excluding hydrogens is 212 g/mol. The average molecular weight is 234 g/mol. The largest absolute Gasteiger partial charge is 0.393 e. The van der Waals surface area contributed by atoms with E-state index in [0.29, 0.717) is 5.92 Å². The summed E-state index contributed by atoms with van der Waals surface area (Å²) in [6.45, 7) is 6.98. The second kappa shape index (κ2) is 5.61. The summed E-state index contributed by atoms with van der Waals surface area (Å²) in [4.78, 5) is 6.84. The van der Waals surface area contributed by atoms with Gasteiger partial charge >= 0.3 is 0 Å². The van der Waals surface area contributed by atoms with Crippen molar-refractivity contribution in [2.75, 3.05) is 13.1 Å². The summed E-state index contributed by atoms with van der Waals surface area (Å²) >= 11 is 0. The van der Waals surface area contributed by atoms with E-state index in [9.17, 15) is 5.11 Å². The van der Waals surface area contributed by atoms with Gasteiger partial charge < -0.3 is 5.11 Å². The molecule has 3 heteroatoms. The first-order valence-corrected chi connectivity index (χ1v) is 6.47. The highest BCUT2D eigenvalue weighted by Crippen LogP contribution is 2.20. The third-order valence-electron chi connectivity index (χ3n) is 3.58. The fourth-order valence-corrected chi connectivity index (χ4v) is 2.45. The molecule has 2 heterocycles. The third-order valence-corrected chi connectivity index (χ3v) is 3.58. The zero-order valence-corrected chi connectivity index (χ0v) is 10.8. The van der Waals surface area contributed by atoms with Crippen LogP contribution in [0.1, 0.15) is 31.0 Å². The number of nitrogens with zero attached hydrogens (tertiary/aromatic N) is 2. The maximum Gasteiger partial charge on any atom is 0.0552 e. The Hall–Kier alpha value is -0.930. The molecule has 2 rings (SSSR count). The van der Waals surface area contributed by atoms with Gasteiger partial charge in [-0.05, 0) is 50.8 Å². The lowest BCUT2D eigenvalue weighted by Gasteiger charge is -2.33. The van der Waals surface area contributed by atoms with Crippen molar-refractivity contribution >= 4 is 0 Å². The van der Waals surface area contributed by atoms with Crippen LogP contribution in [-0.2, 0) is 6.54 Å². The molecule has 1 aromatic rings. The number of aromatic nitrogens is 1. The molecule has 1 aromatic heterocycles. The second-order valence-corrected chi connectivity index (χ2v) is 5.20. The molecule has 2 atom stereocenters. The Labute approximate surface area is 103 Å². The van der Waals surface area contributed by atoms with Gasteiger partial charge in [0.15, 0.2) is 0 Å². The van der Waals surface area contributed by atoms with Crippen molar-refractivity contribution in [3.05, 3.63) is 29.6 Å². The molecule has 1 aliphatic heterocycles. The van der Waals surface area contributed by atoms with Crippen LogP contribution in [-0.4, -0.2) is 34.2 Å². The zero-order valence-electron chi connectivity index (χ0n) is 10.8. The van der Waals surface area contributed by atoms with Gasteiger partial charge in [0, 0.05) is 19.3 Å². The van der Waals surface area contributed by atoms with Crippen LogP contribution in [0.25, 0.3) is 0 Å². The van der Waals surface area contributed by atoms with Gasteiger partial charge in [0.05, 0.1) is 11.8 Å². The number of hydrogen-bond acceptors (Lipinski definition) is 3. The van der Waals surface area contributed by atoms with Gasteiger partial charge in [-0.15, -0.1) is 0 Å². The van der Waals surface area contributed by atoms with Gasteiger partial charge in [-0.3, -0.25) is 9.88 Å². The van der Waals surface area contributed by atoms with Crippen molar-refractivity contribution in [1.29, 1.82) is 0 Å². The van der Waals surface area contributed by atoms with E-state index >= 15 is 0 Å². The summed E-state index contributed by atoms with van der Waals surface area (Å²) < 4.78 is 0. The van der Waals surface area contributed by atoms with E-state index in [1.807, 2.05) is 13.1 Å². The predicted octanol–water partition coefficient (Wildman–Crippen LogP) is 1.98. The zero-order chi connectivity index (χ0) is 12.3. The molecular formula is C14H22N2O. The number of rotatable bonds is 3. The molecule has 0 amide bonds. The van der Waals surface area contributed by atoms with Crippen molar-refractivity contribution in [2.45, 2.75) is 39.3 Å². The average Bonchev–Trinajstić information content (AvgIpc) is 2.32. The quantitative estimate of drug-likeness (QED) is 0.869. The van der Waals surface area contributed by atoms with Gasteiger partial charge in [-0.2, -0.15) is 0 Å². The number of piperidine rings is 1. The molecule has 1 saturated heterocycles. The molecule has 3 nitrogen and oxygen atoms in total. The van der Waals surface area contributed by atoms with Crippen LogP contribution in [0.5, 0.6) is 0 Å². The Kier molecular flexibility index (Phi) is 4.13. The number of likely N-dealkylation sites (tertiary alicyclic amines) is 1. The van der Waals surface area contributed by atoms with E-state index < -0.39 is 0 Å². The minimum atomic E-state index is -0.191. The first kappa shape index (κ1) is 12.5. The Morgan fingerprint density at radius 2 is 2.35 bits per heavy atom. The summed E-state index contributed by atoms with van der Waals surface area (Å²) in [5.74, 6) is 0.425. The van der Waals surface area contributed by atoms with Gasteiger partial charge in [-0.25, -0.2) is 0 Å². The van der Waals surface area contributed by atoms with Crippen LogP contribution < -0.4 is 0 Å². The Morgan fingerprint density at radius 1 is 1.53 bits per heavy atom. The van der Waals surface area contributed by atoms with Crippen LogP contribution in [0.15, 0.2) is 18.3 Å². The molecule has 1 N–H and O–H groups in total. The molecule has 0 radical (unpaired) electrons. The maximum atomic E-state index is 9.66. The fourth-order valence-electron chi connectivity index (χ4n) is 2.45. The van der Waals surface area contributed by atoms with Gasteiger partial charge in [-0.1, -0.05) is 6.07 Å². The topological polar surface area (TPSA) is 36.4 Å². The first-order chi connectivity index (χ1) is 8.15. The van der Waals surface area contributed by atoms with Crippen LogP contribution in [0.4, 0.5) is 0 Å². The van der Waals surface area contributed by atoms with E-state index in [4.69, 9.17) is 0 Å². The summed E-state index contributed by atoms with van der Waals surface area (Å²) in [7, 11) is 0. The van der Waals surface area contributed by atoms with E-state index in [-0.39, 0.29) is 6.10 Å². The van der Waals surface area contributed by atoms with Crippen molar-refractivity contribution in [3.8, 4) is 0 Å². The lowest BCUT2D eigenvalue weighted by atomic mass is 9.93. The van der Waals surface area contributed by atoms with Crippen LogP contribution in [0.3, 0.4) is 0 Å². The molecule has 0 bridgehead atoms. The highest BCUT2D eigenvalue weighted by Gasteiger charge is 2.23. The van der Waals surface area contributed by atoms with E-state index in [1.165, 1.54) is 12.0 Å².